The molecule has 6 heteroatoms. The van der Waals surface area contributed by atoms with Crippen LogP contribution in [0.3, 0.4) is 0 Å². The molecule has 0 spiro atoms. The predicted octanol–water partition coefficient (Wildman–Crippen LogP) is 1.96. The van der Waals surface area contributed by atoms with Crippen LogP contribution < -0.4 is 10.6 Å². The molecule has 6 nitrogen and oxygen atoms in total. The summed E-state index contributed by atoms with van der Waals surface area (Å²) in [5, 5.41) is 15.0. The van der Waals surface area contributed by atoms with Gasteiger partial charge in [0.05, 0.1) is 11.7 Å². The van der Waals surface area contributed by atoms with Gasteiger partial charge in [-0.05, 0) is 52.6 Å². The molecule has 1 aliphatic heterocycles. The van der Waals surface area contributed by atoms with Crippen LogP contribution in [0, 0.1) is 6.92 Å². The summed E-state index contributed by atoms with van der Waals surface area (Å²) in [6.07, 6.45) is 7.86. The van der Waals surface area contributed by atoms with Crippen LogP contribution in [-0.4, -0.2) is 39.5 Å². The first-order valence-electron chi connectivity index (χ1n) is 8.54. The molecule has 1 saturated heterocycles. The van der Waals surface area contributed by atoms with Crippen LogP contribution in [-0.2, 0) is 0 Å². The standard InChI is InChI=1S/C16H27N5O/c1-12-14(15(22)18-16(2)8-4-3-5-9-16)19-20-21(12)13-6-10-17-11-7-13/h13,17H,3-11H2,1-2H3,(H,18,22). The molecule has 0 aromatic carbocycles. The lowest BCUT2D eigenvalue weighted by molar-refractivity contribution is 0.0876. The molecule has 0 unspecified atom stereocenters. The minimum atomic E-state index is -0.0830. The first-order valence-corrected chi connectivity index (χ1v) is 8.54. The van der Waals surface area contributed by atoms with Crippen molar-refractivity contribution in [3.05, 3.63) is 11.4 Å². The number of hydrogen-bond donors (Lipinski definition) is 2. The smallest absolute Gasteiger partial charge is 0.274 e. The Kier molecular flexibility index (Phi) is 4.47. The van der Waals surface area contributed by atoms with E-state index in [1.165, 1.54) is 19.3 Å². The van der Waals surface area contributed by atoms with Crippen LogP contribution >= 0.6 is 0 Å². The fourth-order valence-corrected chi connectivity index (χ4v) is 3.74. The lowest BCUT2D eigenvalue weighted by Crippen LogP contribution is -2.47. The average Bonchev–Trinajstić information content (AvgIpc) is 2.90. The second-order valence-corrected chi connectivity index (χ2v) is 7.02. The summed E-state index contributed by atoms with van der Waals surface area (Å²) in [5.41, 5.74) is 1.30. The maximum Gasteiger partial charge on any atom is 0.274 e. The normalized spacial score (nSPS) is 22.5. The highest BCUT2D eigenvalue weighted by Crippen LogP contribution is 2.28. The van der Waals surface area contributed by atoms with Crippen molar-refractivity contribution in [2.45, 2.75) is 70.4 Å². The largest absolute Gasteiger partial charge is 0.345 e. The van der Waals surface area contributed by atoms with E-state index < -0.39 is 0 Å². The van der Waals surface area contributed by atoms with E-state index in [0.717, 1.165) is 44.5 Å². The maximum atomic E-state index is 12.6. The molecule has 122 valence electrons. The minimum absolute atomic E-state index is 0.0675. The zero-order valence-corrected chi connectivity index (χ0v) is 13.7. The number of carbonyl (C=O) groups excluding carboxylic acids is 1. The molecule has 1 aliphatic carbocycles. The van der Waals surface area contributed by atoms with Gasteiger partial charge in [0, 0.05) is 5.54 Å². The Labute approximate surface area is 132 Å². The first-order chi connectivity index (χ1) is 10.6. The number of nitrogens with zero attached hydrogens (tertiary/aromatic N) is 3. The van der Waals surface area contributed by atoms with Crippen LogP contribution in [0.2, 0.25) is 0 Å². The van der Waals surface area contributed by atoms with Crippen molar-refractivity contribution in [1.82, 2.24) is 25.6 Å². The van der Waals surface area contributed by atoms with Crippen LogP contribution in [0.5, 0.6) is 0 Å². The summed E-state index contributed by atoms with van der Waals surface area (Å²) in [5.74, 6) is -0.0675. The van der Waals surface area contributed by atoms with Crippen molar-refractivity contribution in [2.75, 3.05) is 13.1 Å². The van der Waals surface area contributed by atoms with E-state index in [-0.39, 0.29) is 11.4 Å². The fraction of sp³-hybridized carbons (Fsp3) is 0.812. The number of rotatable bonds is 3. The van der Waals surface area contributed by atoms with Crippen molar-refractivity contribution in [3.63, 3.8) is 0 Å². The lowest BCUT2D eigenvalue weighted by atomic mass is 9.83. The van der Waals surface area contributed by atoms with Crippen molar-refractivity contribution in [3.8, 4) is 0 Å². The summed E-state index contributed by atoms with van der Waals surface area (Å²) in [7, 11) is 0. The highest BCUT2D eigenvalue weighted by atomic mass is 16.2. The van der Waals surface area contributed by atoms with E-state index in [9.17, 15) is 4.79 Å². The highest BCUT2D eigenvalue weighted by Gasteiger charge is 2.31. The third kappa shape index (κ3) is 3.16. The van der Waals surface area contributed by atoms with E-state index >= 15 is 0 Å². The average molecular weight is 305 g/mol. The number of nitrogens with one attached hydrogen (secondary N) is 2. The topological polar surface area (TPSA) is 71.8 Å². The van der Waals surface area contributed by atoms with Crippen molar-refractivity contribution < 1.29 is 4.79 Å². The van der Waals surface area contributed by atoms with Gasteiger partial charge in [-0.1, -0.05) is 24.5 Å². The number of aromatic nitrogens is 3. The van der Waals surface area contributed by atoms with Gasteiger partial charge >= 0.3 is 0 Å². The van der Waals surface area contributed by atoms with Crippen LogP contribution in [0.1, 0.15) is 74.1 Å². The SMILES string of the molecule is Cc1c(C(=O)NC2(C)CCCCC2)nnn1C1CCNCC1. The third-order valence-corrected chi connectivity index (χ3v) is 5.17. The molecular formula is C16H27N5O. The summed E-state index contributed by atoms with van der Waals surface area (Å²) >= 11 is 0. The molecular weight excluding hydrogens is 278 g/mol. The molecule has 2 heterocycles. The lowest BCUT2D eigenvalue weighted by Gasteiger charge is -2.34. The van der Waals surface area contributed by atoms with Gasteiger partial charge < -0.3 is 10.6 Å². The number of carbonyl (C=O) groups is 1. The first kappa shape index (κ1) is 15.5. The third-order valence-electron chi connectivity index (χ3n) is 5.17. The Bertz CT molecular complexity index is 527. The predicted molar refractivity (Wildman–Crippen MR) is 84.9 cm³/mol. The van der Waals surface area contributed by atoms with Crippen LogP contribution in [0.25, 0.3) is 0 Å². The molecule has 0 atom stereocenters. The van der Waals surface area contributed by atoms with E-state index in [1.807, 2.05) is 11.6 Å². The summed E-state index contributed by atoms with van der Waals surface area (Å²) < 4.78 is 1.94. The van der Waals surface area contributed by atoms with Crippen molar-refractivity contribution >= 4 is 5.91 Å². The quantitative estimate of drug-likeness (QED) is 0.895. The van der Waals surface area contributed by atoms with Crippen molar-refractivity contribution in [1.29, 1.82) is 0 Å². The Balaban J connectivity index is 1.71. The van der Waals surface area contributed by atoms with Gasteiger partial charge in [0.1, 0.15) is 0 Å². The molecule has 2 N–H and O–H groups in total. The molecule has 3 rings (SSSR count). The summed E-state index contributed by atoms with van der Waals surface area (Å²) in [6.45, 7) is 6.11. The Morgan fingerprint density at radius 3 is 2.64 bits per heavy atom. The number of piperidine rings is 1. The van der Waals surface area contributed by atoms with E-state index in [0.29, 0.717) is 11.7 Å². The fourth-order valence-electron chi connectivity index (χ4n) is 3.74. The molecule has 0 radical (unpaired) electrons. The van der Waals surface area contributed by atoms with E-state index in [2.05, 4.69) is 27.9 Å². The van der Waals surface area contributed by atoms with Crippen molar-refractivity contribution in [2.24, 2.45) is 0 Å². The molecule has 2 fully saturated rings. The van der Waals surface area contributed by atoms with Gasteiger partial charge in [0.15, 0.2) is 5.69 Å². The second kappa shape index (κ2) is 6.36. The van der Waals surface area contributed by atoms with Crippen LogP contribution in [0.4, 0.5) is 0 Å². The molecule has 0 bridgehead atoms. The molecule has 1 aromatic rings. The molecule has 2 aliphatic rings. The van der Waals surface area contributed by atoms with E-state index in [4.69, 9.17) is 0 Å². The summed E-state index contributed by atoms with van der Waals surface area (Å²) in [4.78, 5) is 12.6. The summed E-state index contributed by atoms with van der Waals surface area (Å²) in [6, 6.07) is 0.362. The zero-order chi connectivity index (χ0) is 15.6. The molecule has 1 saturated carbocycles. The molecule has 1 amide bonds. The second-order valence-electron chi connectivity index (χ2n) is 7.02. The Morgan fingerprint density at radius 2 is 1.95 bits per heavy atom. The van der Waals surface area contributed by atoms with Gasteiger partial charge in [0.2, 0.25) is 0 Å². The van der Waals surface area contributed by atoms with Gasteiger partial charge in [-0.25, -0.2) is 4.68 Å². The zero-order valence-electron chi connectivity index (χ0n) is 13.7. The number of amides is 1. The van der Waals surface area contributed by atoms with Gasteiger partial charge in [-0.15, -0.1) is 5.10 Å². The Hall–Kier alpha value is -1.43. The monoisotopic (exact) mass is 305 g/mol. The van der Waals surface area contributed by atoms with E-state index in [1.54, 1.807) is 0 Å². The molecule has 22 heavy (non-hydrogen) atoms. The Morgan fingerprint density at radius 1 is 1.27 bits per heavy atom. The maximum absolute atomic E-state index is 12.6. The van der Waals surface area contributed by atoms with Gasteiger partial charge in [0.25, 0.3) is 5.91 Å². The highest BCUT2D eigenvalue weighted by molar-refractivity contribution is 5.93. The minimum Gasteiger partial charge on any atom is -0.345 e. The van der Waals surface area contributed by atoms with Crippen LogP contribution in [0.15, 0.2) is 0 Å². The van der Waals surface area contributed by atoms with Gasteiger partial charge in [-0.2, -0.15) is 0 Å². The number of hydrogen-bond acceptors (Lipinski definition) is 4. The van der Waals surface area contributed by atoms with Gasteiger partial charge in [-0.3, -0.25) is 4.79 Å². The molecule has 1 aromatic heterocycles.